The molecule has 1 aliphatic heterocycles. The molecule has 1 saturated heterocycles. The minimum absolute atomic E-state index is 0.0633. The molecule has 0 radical (unpaired) electrons. The fraction of sp³-hybridized carbons (Fsp3) is 0.500. The number of carbonyl (C=O) groups excluding carboxylic acids is 1. The van der Waals surface area contributed by atoms with Gasteiger partial charge < -0.3 is 19.6 Å². The number of carbonyl (C=O) groups is 2. The first-order valence-corrected chi connectivity index (χ1v) is 8.65. The summed E-state index contributed by atoms with van der Waals surface area (Å²) in [7, 11) is 0. The Hall–Kier alpha value is -2.68. The van der Waals surface area contributed by atoms with Crippen molar-refractivity contribution in [3.05, 3.63) is 28.8 Å². The number of carboxylic acids is 1. The van der Waals surface area contributed by atoms with Crippen molar-refractivity contribution in [2.75, 3.05) is 31.1 Å². The van der Waals surface area contributed by atoms with Crippen LogP contribution in [0.2, 0.25) is 0 Å². The summed E-state index contributed by atoms with van der Waals surface area (Å²) in [6.07, 6.45) is 5.21. The number of terminal acetylenes is 1. The molecule has 1 N–H and O–H groups in total. The van der Waals surface area contributed by atoms with E-state index in [0.717, 1.165) is 16.8 Å². The normalized spacial score (nSPS) is 14.7. The molecule has 140 valence electrons. The molecule has 0 saturated carbocycles. The molecular weight excluding hydrogens is 332 g/mol. The lowest BCUT2D eigenvalue weighted by Crippen LogP contribution is -2.50. The first-order valence-electron chi connectivity index (χ1n) is 8.65. The van der Waals surface area contributed by atoms with Crippen molar-refractivity contribution in [3.63, 3.8) is 0 Å². The zero-order valence-electron chi connectivity index (χ0n) is 15.8. The summed E-state index contributed by atoms with van der Waals surface area (Å²) in [5.74, 6) is 1.75. The zero-order valence-corrected chi connectivity index (χ0v) is 15.8. The molecule has 1 fully saturated rings. The highest BCUT2D eigenvalue weighted by Gasteiger charge is 2.26. The third-order valence-corrected chi connectivity index (χ3v) is 4.29. The highest BCUT2D eigenvalue weighted by Crippen LogP contribution is 2.25. The van der Waals surface area contributed by atoms with Gasteiger partial charge in [0.05, 0.1) is 6.42 Å². The molecule has 0 aromatic heterocycles. The predicted octanol–water partition coefficient (Wildman–Crippen LogP) is 2.66. The average Bonchev–Trinajstić information content (AvgIpc) is 2.55. The SMILES string of the molecule is C#Cc1cc(N2CCN(C(=O)OC(C)(C)C)CC2)cc(CC(=O)O)c1C. The van der Waals surface area contributed by atoms with Gasteiger partial charge in [-0.2, -0.15) is 0 Å². The molecule has 0 spiro atoms. The van der Waals surface area contributed by atoms with Crippen LogP contribution >= 0.6 is 0 Å². The summed E-state index contributed by atoms with van der Waals surface area (Å²) in [4.78, 5) is 27.1. The Morgan fingerprint density at radius 1 is 1.23 bits per heavy atom. The molecule has 0 bridgehead atoms. The van der Waals surface area contributed by atoms with E-state index in [1.807, 2.05) is 39.8 Å². The van der Waals surface area contributed by atoms with Crippen LogP contribution < -0.4 is 4.90 Å². The summed E-state index contributed by atoms with van der Waals surface area (Å²) in [5, 5.41) is 9.12. The number of rotatable bonds is 3. The molecule has 6 heteroatoms. The van der Waals surface area contributed by atoms with E-state index in [-0.39, 0.29) is 12.5 Å². The van der Waals surface area contributed by atoms with Crippen molar-refractivity contribution < 1.29 is 19.4 Å². The van der Waals surface area contributed by atoms with E-state index >= 15 is 0 Å². The van der Waals surface area contributed by atoms with Gasteiger partial charge in [-0.1, -0.05) is 5.92 Å². The van der Waals surface area contributed by atoms with E-state index in [4.69, 9.17) is 16.3 Å². The molecular formula is C20H26N2O4. The Morgan fingerprint density at radius 2 is 1.85 bits per heavy atom. The van der Waals surface area contributed by atoms with Crippen LogP contribution in [0, 0.1) is 19.3 Å². The van der Waals surface area contributed by atoms with Gasteiger partial charge in [0.25, 0.3) is 0 Å². The molecule has 1 aliphatic rings. The van der Waals surface area contributed by atoms with Crippen LogP contribution in [0.15, 0.2) is 12.1 Å². The largest absolute Gasteiger partial charge is 0.481 e. The van der Waals surface area contributed by atoms with Gasteiger partial charge in [-0.15, -0.1) is 6.42 Å². The van der Waals surface area contributed by atoms with Crippen LogP contribution in [-0.4, -0.2) is 53.8 Å². The van der Waals surface area contributed by atoms with Gasteiger partial charge in [-0.3, -0.25) is 4.79 Å². The zero-order chi connectivity index (χ0) is 19.5. The van der Waals surface area contributed by atoms with E-state index in [2.05, 4.69) is 10.8 Å². The standard InChI is InChI=1S/C20H26N2O4/c1-6-15-11-17(12-16(14(15)2)13-18(23)24)21-7-9-22(10-8-21)19(25)26-20(3,4)5/h1,11-12H,7-10,13H2,2-5H3,(H,23,24). The highest BCUT2D eigenvalue weighted by molar-refractivity contribution is 5.73. The number of ether oxygens (including phenoxy) is 1. The summed E-state index contributed by atoms with van der Waals surface area (Å²) in [5.41, 5.74) is 2.62. The Morgan fingerprint density at radius 3 is 2.35 bits per heavy atom. The van der Waals surface area contributed by atoms with Gasteiger partial charge in [-0.05, 0) is 51.0 Å². The maximum Gasteiger partial charge on any atom is 0.410 e. The lowest BCUT2D eigenvalue weighted by atomic mass is 9.98. The van der Waals surface area contributed by atoms with Crippen molar-refractivity contribution in [2.45, 2.75) is 39.7 Å². The topological polar surface area (TPSA) is 70.1 Å². The molecule has 0 atom stereocenters. The third-order valence-electron chi connectivity index (χ3n) is 4.29. The van der Waals surface area contributed by atoms with Crippen molar-refractivity contribution in [1.82, 2.24) is 4.90 Å². The van der Waals surface area contributed by atoms with Crippen LogP contribution in [0.1, 0.15) is 37.5 Å². The summed E-state index contributed by atoms with van der Waals surface area (Å²) in [6, 6.07) is 3.79. The Balaban J connectivity index is 2.13. The fourth-order valence-electron chi connectivity index (χ4n) is 2.91. The molecule has 1 amide bonds. The quantitative estimate of drug-likeness (QED) is 0.841. The van der Waals surface area contributed by atoms with E-state index < -0.39 is 11.6 Å². The number of amides is 1. The summed E-state index contributed by atoms with van der Waals surface area (Å²) >= 11 is 0. The fourth-order valence-corrected chi connectivity index (χ4v) is 2.91. The number of nitrogens with zero attached hydrogens (tertiary/aromatic N) is 2. The number of hydrogen-bond donors (Lipinski definition) is 1. The van der Waals surface area contributed by atoms with E-state index in [1.54, 1.807) is 4.90 Å². The highest BCUT2D eigenvalue weighted by atomic mass is 16.6. The molecule has 1 aromatic carbocycles. The van der Waals surface area contributed by atoms with Crippen LogP contribution in [-0.2, 0) is 16.0 Å². The lowest BCUT2D eigenvalue weighted by Gasteiger charge is -2.37. The first-order chi connectivity index (χ1) is 12.1. The van der Waals surface area contributed by atoms with Gasteiger partial charge in [0.2, 0.25) is 0 Å². The van der Waals surface area contributed by atoms with Crippen molar-refractivity contribution in [3.8, 4) is 12.3 Å². The van der Waals surface area contributed by atoms with E-state index in [9.17, 15) is 9.59 Å². The Bertz CT molecular complexity index is 735. The monoisotopic (exact) mass is 358 g/mol. The minimum Gasteiger partial charge on any atom is -0.481 e. The van der Waals surface area contributed by atoms with E-state index in [1.165, 1.54) is 0 Å². The van der Waals surface area contributed by atoms with Crippen LogP contribution in [0.4, 0.5) is 10.5 Å². The van der Waals surface area contributed by atoms with Crippen LogP contribution in [0.5, 0.6) is 0 Å². The molecule has 2 rings (SSSR count). The number of hydrogen-bond acceptors (Lipinski definition) is 4. The molecule has 6 nitrogen and oxygen atoms in total. The van der Waals surface area contributed by atoms with Gasteiger partial charge in [0, 0.05) is 37.4 Å². The van der Waals surface area contributed by atoms with Crippen molar-refractivity contribution in [2.24, 2.45) is 0 Å². The predicted molar refractivity (Wildman–Crippen MR) is 100 cm³/mol. The van der Waals surface area contributed by atoms with E-state index in [0.29, 0.717) is 31.7 Å². The third kappa shape index (κ3) is 4.92. The summed E-state index contributed by atoms with van der Waals surface area (Å²) in [6.45, 7) is 9.75. The lowest BCUT2D eigenvalue weighted by molar-refractivity contribution is -0.136. The second kappa shape index (κ2) is 7.69. The number of piperazine rings is 1. The second-order valence-electron chi connectivity index (χ2n) is 7.45. The van der Waals surface area contributed by atoms with Gasteiger partial charge >= 0.3 is 12.1 Å². The van der Waals surface area contributed by atoms with Gasteiger partial charge in [0.1, 0.15) is 5.60 Å². The Labute approximate surface area is 154 Å². The molecule has 1 heterocycles. The number of carboxylic acid groups (broad SMARTS) is 1. The maximum atomic E-state index is 12.2. The minimum atomic E-state index is -0.886. The molecule has 0 unspecified atom stereocenters. The number of anilines is 1. The van der Waals surface area contributed by atoms with Crippen molar-refractivity contribution in [1.29, 1.82) is 0 Å². The van der Waals surface area contributed by atoms with Gasteiger partial charge in [-0.25, -0.2) is 4.79 Å². The average molecular weight is 358 g/mol. The second-order valence-corrected chi connectivity index (χ2v) is 7.45. The molecule has 0 aliphatic carbocycles. The summed E-state index contributed by atoms with van der Waals surface area (Å²) < 4.78 is 5.41. The number of benzene rings is 1. The number of aliphatic carboxylic acids is 1. The maximum absolute atomic E-state index is 12.2. The van der Waals surface area contributed by atoms with Crippen LogP contribution in [0.25, 0.3) is 0 Å². The molecule has 1 aromatic rings. The Kier molecular flexibility index (Phi) is 5.81. The van der Waals surface area contributed by atoms with Gasteiger partial charge in [0.15, 0.2) is 0 Å². The van der Waals surface area contributed by atoms with Crippen LogP contribution in [0.3, 0.4) is 0 Å². The first kappa shape index (κ1) is 19.6. The van der Waals surface area contributed by atoms with Crippen molar-refractivity contribution >= 4 is 17.7 Å². The molecule has 26 heavy (non-hydrogen) atoms. The smallest absolute Gasteiger partial charge is 0.410 e.